The summed E-state index contributed by atoms with van der Waals surface area (Å²) >= 11 is 0. The van der Waals surface area contributed by atoms with Crippen LogP contribution in [0.2, 0.25) is 0 Å². The Morgan fingerprint density at radius 1 is 1.12 bits per heavy atom. The van der Waals surface area contributed by atoms with Crippen molar-refractivity contribution >= 4 is 34.6 Å². The number of rotatable bonds is 6. The van der Waals surface area contributed by atoms with Crippen molar-refractivity contribution in [3.63, 3.8) is 0 Å². The molecule has 0 unspecified atom stereocenters. The number of carbonyl (C=O) groups excluding carboxylic acids is 3. The highest BCUT2D eigenvalue weighted by atomic mass is 16.5. The van der Waals surface area contributed by atoms with Crippen LogP contribution in [-0.2, 0) is 20.9 Å². The highest BCUT2D eigenvalue weighted by Crippen LogP contribution is 2.23. The minimum absolute atomic E-state index is 0.0982. The van der Waals surface area contributed by atoms with Crippen molar-refractivity contribution in [1.82, 2.24) is 10.2 Å². The number of hydrogen-bond acceptors (Lipinski definition) is 6. The van der Waals surface area contributed by atoms with Crippen LogP contribution in [0.3, 0.4) is 0 Å². The van der Waals surface area contributed by atoms with Gasteiger partial charge in [-0.3, -0.25) is 9.59 Å². The molecule has 3 aromatic rings. The number of anilines is 1. The van der Waals surface area contributed by atoms with E-state index < -0.39 is 17.8 Å². The van der Waals surface area contributed by atoms with Crippen LogP contribution >= 0.6 is 0 Å². The summed E-state index contributed by atoms with van der Waals surface area (Å²) in [5, 5.41) is 6.02. The zero-order chi connectivity index (χ0) is 24.1. The van der Waals surface area contributed by atoms with Gasteiger partial charge in [0.25, 0.3) is 0 Å². The van der Waals surface area contributed by atoms with Gasteiger partial charge in [0.2, 0.25) is 11.8 Å². The fourth-order valence-electron chi connectivity index (χ4n) is 3.99. The topological polar surface area (TPSA) is 118 Å². The van der Waals surface area contributed by atoms with Crippen molar-refractivity contribution in [2.75, 3.05) is 18.4 Å². The summed E-state index contributed by atoms with van der Waals surface area (Å²) in [7, 11) is 0. The lowest BCUT2D eigenvalue weighted by atomic mass is 10.1. The number of alkyl carbamates (subject to hydrolysis) is 1. The number of likely N-dealkylation sites (tertiary alicyclic amines) is 1. The quantitative estimate of drug-likeness (QED) is 0.543. The number of fused-ring (bicyclic) bond motifs is 1. The summed E-state index contributed by atoms with van der Waals surface area (Å²) in [5.74, 6) is -0.707. The first-order valence-corrected chi connectivity index (χ1v) is 11.0. The lowest BCUT2D eigenvalue weighted by Gasteiger charge is -2.24. The summed E-state index contributed by atoms with van der Waals surface area (Å²) in [6.07, 6.45) is 0.483. The van der Waals surface area contributed by atoms with Gasteiger partial charge in [0, 0.05) is 29.8 Å². The van der Waals surface area contributed by atoms with Gasteiger partial charge in [0.05, 0.1) is 0 Å². The Morgan fingerprint density at radius 3 is 2.71 bits per heavy atom. The average molecular weight is 463 g/mol. The van der Waals surface area contributed by atoms with Crippen LogP contribution in [0.4, 0.5) is 10.5 Å². The van der Waals surface area contributed by atoms with Crippen LogP contribution in [0.5, 0.6) is 0 Å². The molecule has 0 saturated carbocycles. The van der Waals surface area contributed by atoms with Gasteiger partial charge in [0.1, 0.15) is 24.8 Å². The summed E-state index contributed by atoms with van der Waals surface area (Å²) in [5.41, 5.74) is 2.00. The molecule has 1 fully saturated rings. The number of aryl methyl sites for hydroxylation is 1. The molecule has 9 nitrogen and oxygen atoms in total. The Kier molecular flexibility index (Phi) is 6.91. The van der Waals surface area contributed by atoms with E-state index in [1.807, 2.05) is 37.3 Å². The molecule has 0 bridgehead atoms. The molecule has 0 aliphatic carbocycles. The van der Waals surface area contributed by atoms with E-state index in [-0.39, 0.29) is 25.0 Å². The highest BCUT2D eigenvalue weighted by molar-refractivity contribution is 5.99. The third-order valence-corrected chi connectivity index (χ3v) is 5.69. The number of nitrogens with one attached hydrogen (secondary N) is 2. The minimum atomic E-state index is -0.703. The molecule has 34 heavy (non-hydrogen) atoms. The molecule has 4 rings (SSSR count). The van der Waals surface area contributed by atoms with Crippen LogP contribution in [-0.4, -0.2) is 41.9 Å². The smallest absolute Gasteiger partial charge is 0.407 e. The minimum Gasteiger partial charge on any atom is -0.445 e. The first-order chi connectivity index (χ1) is 16.4. The van der Waals surface area contributed by atoms with E-state index in [9.17, 15) is 19.2 Å². The number of benzene rings is 2. The van der Waals surface area contributed by atoms with Crippen LogP contribution in [0.15, 0.2) is 63.8 Å². The van der Waals surface area contributed by atoms with Crippen molar-refractivity contribution in [3.05, 3.63) is 76.1 Å². The van der Waals surface area contributed by atoms with E-state index >= 15 is 0 Å². The van der Waals surface area contributed by atoms with Gasteiger partial charge in [0.15, 0.2) is 0 Å². The van der Waals surface area contributed by atoms with Gasteiger partial charge in [-0.2, -0.15) is 0 Å². The van der Waals surface area contributed by atoms with Gasteiger partial charge >= 0.3 is 11.7 Å². The first kappa shape index (κ1) is 23.0. The predicted octanol–water partition coefficient (Wildman–Crippen LogP) is 2.96. The molecule has 176 valence electrons. The third kappa shape index (κ3) is 5.43. The molecule has 9 heteroatoms. The monoisotopic (exact) mass is 463 g/mol. The van der Waals surface area contributed by atoms with Gasteiger partial charge in [-0.1, -0.05) is 30.3 Å². The molecule has 0 radical (unpaired) electrons. The molecule has 2 aromatic carbocycles. The maximum atomic E-state index is 12.9. The molecule has 0 spiro atoms. The number of carbonyl (C=O) groups is 3. The molecule has 2 N–H and O–H groups in total. The summed E-state index contributed by atoms with van der Waals surface area (Å²) < 4.78 is 10.3. The normalized spacial score (nSPS) is 15.2. The molecular weight excluding hydrogens is 438 g/mol. The maximum absolute atomic E-state index is 12.9. The summed E-state index contributed by atoms with van der Waals surface area (Å²) in [6.45, 7) is 2.06. The molecule has 3 amide bonds. The number of ether oxygens (including phenoxy) is 1. The zero-order valence-corrected chi connectivity index (χ0v) is 18.7. The highest BCUT2D eigenvalue weighted by Gasteiger charge is 2.34. The number of hydrogen-bond donors (Lipinski definition) is 2. The molecule has 1 saturated heterocycles. The Balaban J connectivity index is 1.32. The van der Waals surface area contributed by atoms with Crippen molar-refractivity contribution in [2.24, 2.45) is 0 Å². The van der Waals surface area contributed by atoms with Crippen LogP contribution in [0.25, 0.3) is 11.0 Å². The molecule has 1 aliphatic heterocycles. The Hall–Kier alpha value is -4.14. The van der Waals surface area contributed by atoms with Crippen LogP contribution in [0, 0.1) is 6.92 Å². The molecule has 2 heterocycles. The number of nitrogens with zero attached hydrogens (tertiary/aromatic N) is 1. The van der Waals surface area contributed by atoms with Crippen molar-refractivity contribution in [1.29, 1.82) is 0 Å². The van der Waals surface area contributed by atoms with Crippen molar-refractivity contribution < 1.29 is 23.5 Å². The molecule has 1 aliphatic rings. The lowest BCUT2D eigenvalue weighted by molar-refractivity contribution is -0.135. The Morgan fingerprint density at radius 2 is 1.91 bits per heavy atom. The van der Waals surface area contributed by atoms with Crippen LogP contribution < -0.4 is 16.3 Å². The van der Waals surface area contributed by atoms with E-state index in [4.69, 9.17) is 9.15 Å². The fourth-order valence-corrected chi connectivity index (χ4v) is 3.99. The SMILES string of the molecule is Cc1cc(=O)oc2cc(NC(=O)[C@@H]3CCCN3C(=O)CNC(=O)OCc3ccccc3)ccc12. The molecule has 1 atom stereocenters. The van der Waals surface area contributed by atoms with Gasteiger partial charge in [-0.05, 0) is 43.0 Å². The predicted molar refractivity (Wildman–Crippen MR) is 125 cm³/mol. The van der Waals surface area contributed by atoms with Crippen molar-refractivity contribution in [2.45, 2.75) is 32.4 Å². The van der Waals surface area contributed by atoms with Gasteiger partial charge in [-0.25, -0.2) is 9.59 Å². The van der Waals surface area contributed by atoms with Crippen LogP contribution in [0.1, 0.15) is 24.0 Å². The standard InChI is InChI=1S/C25H25N3O6/c1-16-12-23(30)34-21-13-18(9-10-19(16)21)27-24(31)20-8-5-11-28(20)22(29)14-26-25(32)33-15-17-6-3-2-4-7-17/h2-4,6-7,9-10,12-13,20H,5,8,11,14-15H2,1H3,(H,26,32)(H,27,31)/t20-/m0/s1. The van der Waals surface area contributed by atoms with E-state index in [0.29, 0.717) is 30.7 Å². The number of amides is 3. The maximum Gasteiger partial charge on any atom is 0.407 e. The fraction of sp³-hybridized carbons (Fsp3) is 0.280. The second kappa shape index (κ2) is 10.2. The van der Waals surface area contributed by atoms with Gasteiger partial charge in [-0.15, -0.1) is 0 Å². The Bertz CT molecular complexity index is 1270. The van der Waals surface area contributed by atoms with E-state index in [0.717, 1.165) is 16.5 Å². The largest absolute Gasteiger partial charge is 0.445 e. The summed E-state index contributed by atoms with van der Waals surface area (Å²) in [4.78, 5) is 50.6. The molecule has 1 aromatic heterocycles. The third-order valence-electron chi connectivity index (χ3n) is 5.69. The second-order valence-corrected chi connectivity index (χ2v) is 8.11. The van der Waals surface area contributed by atoms with Crippen molar-refractivity contribution in [3.8, 4) is 0 Å². The lowest BCUT2D eigenvalue weighted by Crippen LogP contribution is -2.47. The second-order valence-electron chi connectivity index (χ2n) is 8.11. The Labute approximate surface area is 195 Å². The van der Waals surface area contributed by atoms with E-state index in [1.54, 1.807) is 18.2 Å². The first-order valence-electron chi connectivity index (χ1n) is 11.0. The molecular formula is C25H25N3O6. The van der Waals surface area contributed by atoms with E-state index in [2.05, 4.69) is 10.6 Å². The summed E-state index contributed by atoms with van der Waals surface area (Å²) in [6, 6.07) is 15.0. The average Bonchev–Trinajstić information content (AvgIpc) is 3.32. The zero-order valence-electron chi connectivity index (χ0n) is 18.7. The van der Waals surface area contributed by atoms with Gasteiger partial charge < -0.3 is 24.7 Å². The van der Waals surface area contributed by atoms with E-state index in [1.165, 1.54) is 11.0 Å².